The Labute approximate surface area is 218 Å². The van der Waals surface area contributed by atoms with E-state index in [2.05, 4.69) is 15.3 Å². The van der Waals surface area contributed by atoms with Crippen LogP contribution >= 0.6 is 0 Å². The summed E-state index contributed by atoms with van der Waals surface area (Å²) in [5, 5.41) is 13.5. The number of allylic oxidation sites excluding steroid dienone is 6. The zero-order valence-corrected chi connectivity index (χ0v) is 22.1. The lowest BCUT2D eigenvalue weighted by molar-refractivity contribution is 0.0385. The highest BCUT2D eigenvalue weighted by atomic mass is 16.9. The van der Waals surface area contributed by atoms with E-state index in [0.29, 0.717) is 17.1 Å². The Morgan fingerprint density at radius 2 is 0.757 bits per heavy atom. The van der Waals surface area contributed by atoms with E-state index in [4.69, 9.17) is 14.3 Å². The summed E-state index contributed by atoms with van der Waals surface area (Å²) in [7, 11) is -1.31. The van der Waals surface area contributed by atoms with E-state index in [1.54, 1.807) is 0 Å². The average molecular weight is 500 g/mol. The predicted molar refractivity (Wildman–Crippen MR) is 150 cm³/mol. The van der Waals surface area contributed by atoms with Gasteiger partial charge in [-0.15, -0.1) is 29.8 Å². The van der Waals surface area contributed by atoms with Gasteiger partial charge in [-0.1, -0.05) is 36.5 Å². The zero-order chi connectivity index (χ0) is 26.6. The molecule has 0 spiro atoms. The Kier molecular flexibility index (Phi) is 9.96. The largest absolute Gasteiger partial charge is 0.929 e. The van der Waals surface area contributed by atoms with Crippen molar-refractivity contribution in [3.05, 3.63) is 88.8 Å². The van der Waals surface area contributed by atoms with Gasteiger partial charge >= 0.3 is 7.32 Å². The molecule has 9 nitrogen and oxygen atoms in total. The van der Waals surface area contributed by atoms with Crippen molar-refractivity contribution in [1.82, 2.24) is 29.8 Å². The van der Waals surface area contributed by atoms with E-state index >= 15 is 0 Å². The highest BCUT2D eigenvalue weighted by molar-refractivity contribution is 6.37. The second kappa shape index (κ2) is 13.6. The molecule has 0 fully saturated rings. The highest BCUT2D eigenvalue weighted by Gasteiger charge is 2.36. The van der Waals surface area contributed by atoms with E-state index in [9.17, 15) is 0 Å². The fourth-order valence-corrected chi connectivity index (χ4v) is 3.35. The first-order valence-electron chi connectivity index (χ1n) is 12.1. The maximum atomic E-state index is 6.11. The van der Waals surface area contributed by atoms with Gasteiger partial charge in [-0.05, 0) is 96.2 Å². The molecule has 0 amide bonds. The standard InChI is InChI=1S/C27H33BN6O3/c1-7-13-22-19-25(16-10-4)32(29-22)35-28(36-33-26(17-11-5)20-23(30-33)14-8-2)37-34-27(18-12-6)21-24(31-34)15-9-3/h7-21H,1-6H3/b13-7+,14-8+,15-9+,16-10+,17-11+,18-12+. The van der Waals surface area contributed by atoms with Crippen molar-refractivity contribution in [3.63, 3.8) is 0 Å². The van der Waals surface area contributed by atoms with E-state index in [-0.39, 0.29) is 0 Å². The minimum absolute atomic E-state index is 0.709. The molecule has 0 aliphatic rings. The summed E-state index contributed by atoms with van der Waals surface area (Å²) in [5.74, 6) is 0. The Bertz CT molecular complexity index is 1180. The molecule has 3 aromatic rings. The van der Waals surface area contributed by atoms with Gasteiger partial charge in [-0.25, -0.2) is 0 Å². The summed E-state index contributed by atoms with van der Waals surface area (Å²) >= 11 is 0. The lowest BCUT2D eigenvalue weighted by Crippen LogP contribution is -2.50. The first kappa shape index (κ1) is 27.1. The molecular weight excluding hydrogens is 467 g/mol. The SMILES string of the molecule is C/C=C/c1cc(/C=C/C)n(OB(On2nc(/C=C/C)cc2/C=C/C)On2nc(/C=C/C)cc2/C=C/C)n1. The molecule has 0 unspecified atom stereocenters. The lowest BCUT2D eigenvalue weighted by atomic mass is 10.2. The summed E-state index contributed by atoms with van der Waals surface area (Å²) in [6.07, 6.45) is 22.7. The molecule has 192 valence electrons. The molecule has 0 bridgehead atoms. The van der Waals surface area contributed by atoms with Crippen molar-refractivity contribution in [2.45, 2.75) is 41.5 Å². The van der Waals surface area contributed by atoms with Crippen LogP contribution in [-0.4, -0.2) is 37.2 Å². The molecule has 0 aliphatic carbocycles. The fraction of sp³-hybridized carbons (Fsp3) is 0.222. The maximum Gasteiger partial charge on any atom is 0.929 e. The number of aromatic nitrogens is 6. The van der Waals surface area contributed by atoms with Crippen molar-refractivity contribution < 1.29 is 14.3 Å². The van der Waals surface area contributed by atoms with Crippen LogP contribution in [0.3, 0.4) is 0 Å². The molecule has 3 rings (SSSR count). The van der Waals surface area contributed by atoms with Crippen molar-refractivity contribution in [3.8, 4) is 0 Å². The lowest BCUT2D eigenvalue weighted by Gasteiger charge is -2.16. The monoisotopic (exact) mass is 500 g/mol. The van der Waals surface area contributed by atoms with Crippen LogP contribution in [0.15, 0.2) is 54.7 Å². The third-order valence-electron chi connectivity index (χ3n) is 4.75. The van der Waals surface area contributed by atoms with Crippen LogP contribution < -0.4 is 14.3 Å². The zero-order valence-electron chi connectivity index (χ0n) is 22.1. The first-order chi connectivity index (χ1) is 18.0. The summed E-state index contributed by atoms with van der Waals surface area (Å²) in [6.45, 7) is 11.5. The van der Waals surface area contributed by atoms with Gasteiger partial charge in [-0.3, -0.25) is 0 Å². The molecule has 0 atom stereocenters. The summed E-state index contributed by atoms with van der Waals surface area (Å²) in [5.41, 5.74) is 4.30. The quantitative estimate of drug-likeness (QED) is 0.320. The van der Waals surface area contributed by atoms with Crippen LogP contribution in [0.1, 0.15) is 75.7 Å². The van der Waals surface area contributed by atoms with Crippen LogP contribution in [0, 0.1) is 0 Å². The van der Waals surface area contributed by atoms with E-state index < -0.39 is 7.32 Å². The molecule has 0 saturated heterocycles. The van der Waals surface area contributed by atoms with Crippen molar-refractivity contribution in [2.75, 3.05) is 0 Å². The van der Waals surface area contributed by atoms with E-state index in [1.807, 2.05) is 133 Å². The van der Waals surface area contributed by atoms with Crippen molar-refractivity contribution in [1.29, 1.82) is 0 Å². The Balaban J connectivity index is 2.05. The minimum atomic E-state index is -1.31. The van der Waals surface area contributed by atoms with Crippen LogP contribution in [0.25, 0.3) is 36.5 Å². The number of nitrogens with zero attached hydrogens (tertiary/aromatic N) is 6. The van der Waals surface area contributed by atoms with Gasteiger partial charge in [0.05, 0.1) is 17.1 Å². The molecule has 10 heteroatoms. The molecular formula is C27H33BN6O3. The smallest absolute Gasteiger partial charge is 0.380 e. The molecule has 37 heavy (non-hydrogen) atoms. The van der Waals surface area contributed by atoms with Gasteiger partial charge in [-0.2, -0.15) is 0 Å². The summed E-state index contributed by atoms with van der Waals surface area (Å²) in [6, 6.07) is 5.68. The van der Waals surface area contributed by atoms with Gasteiger partial charge in [0, 0.05) is 0 Å². The molecule has 0 aromatic carbocycles. The van der Waals surface area contributed by atoms with E-state index in [0.717, 1.165) is 17.1 Å². The third kappa shape index (κ3) is 7.26. The Morgan fingerprint density at radius 1 is 0.486 bits per heavy atom. The van der Waals surface area contributed by atoms with Gasteiger partial charge in [0.15, 0.2) is 0 Å². The van der Waals surface area contributed by atoms with Crippen LogP contribution in [0.5, 0.6) is 0 Å². The molecule has 0 radical (unpaired) electrons. The second-order valence-electron chi connectivity index (χ2n) is 7.71. The Morgan fingerprint density at radius 3 is 1.00 bits per heavy atom. The highest BCUT2D eigenvalue weighted by Crippen LogP contribution is 2.12. The average Bonchev–Trinajstić information content (AvgIpc) is 3.53. The molecule has 0 aliphatic heterocycles. The van der Waals surface area contributed by atoms with Crippen molar-refractivity contribution >= 4 is 43.8 Å². The minimum Gasteiger partial charge on any atom is -0.380 e. The maximum absolute atomic E-state index is 6.11. The number of hydrogen-bond acceptors (Lipinski definition) is 6. The molecule has 3 aromatic heterocycles. The molecule has 0 saturated carbocycles. The Hall–Kier alpha value is -4.47. The van der Waals surface area contributed by atoms with Gasteiger partial charge < -0.3 is 14.3 Å². The van der Waals surface area contributed by atoms with Gasteiger partial charge in [0.1, 0.15) is 17.1 Å². The predicted octanol–water partition coefficient (Wildman–Crippen LogP) is 5.15. The second-order valence-corrected chi connectivity index (χ2v) is 7.71. The third-order valence-corrected chi connectivity index (χ3v) is 4.75. The van der Waals surface area contributed by atoms with Gasteiger partial charge in [0.2, 0.25) is 0 Å². The van der Waals surface area contributed by atoms with Gasteiger partial charge in [0.25, 0.3) is 0 Å². The summed E-state index contributed by atoms with van der Waals surface area (Å²) in [4.78, 5) is 4.08. The topological polar surface area (TPSA) is 81.1 Å². The van der Waals surface area contributed by atoms with Crippen LogP contribution in [0.2, 0.25) is 0 Å². The first-order valence-corrected chi connectivity index (χ1v) is 12.1. The summed E-state index contributed by atoms with van der Waals surface area (Å²) < 4.78 is 18.3. The normalized spacial score (nSPS) is 12.5. The molecule has 0 N–H and O–H groups in total. The fourth-order valence-electron chi connectivity index (χ4n) is 3.35. The van der Waals surface area contributed by atoms with Crippen LogP contribution in [0.4, 0.5) is 0 Å². The molecule has 3 heterocycles. The number of rotatable bonds is 12. The van der Waals surface area contributed by atoms with Crippen molar-refractivity contribution in [2.24, 2.45) is 0 Å². The van der Waals surface area contributed by atoms with E-state index in [1.165, 1.54) is 14.5 Å². The number of hydrogen-bond donors (Lipinski definition) is 0. The van der Waals surface area contributed by atoms with Crippen LogP contribution in [-0.2, 0) is 0 Å².